The Bertz CT molecular complexity index is 532. The summed E-state index contributed by atoms with van der Waals surface area (Å²) in [6.07, 6.45) is -4.42. The molecule has 18 heavy (non-hydrogen) atoms. The molecule has 2 aromatic carbocycles. The predicted octanol–water partition coefficient (Wildman–Crippen LogP) is 4.81. The van der Waals surface area contributed by atoms with E-state index in [2.05, 4.69) is 0 Å². The molecule has 0 amide bonds. The van der Waals surface area contributed by atoms with E-state index in [-0.39, 0.29) is 5.75 Å². The molecule has 94 valence electrons. The van der Waals surface area contributed by atoms with Crippen LogP contribution in [0.25, 0.3) is 0 Å². The lowest BCUT2D eigenvalue weighted by molar-refractivity contribution is -0.138. The van der Waals surface area contributed by atoms with Crippen LogP contribution in [0.1, 0.15) is 11.1 Å². The van der Waals surface area contributed by atoms with Gasteiger partial charge >= 0.3 is 6.18 Å². The molecule has 0 unspecified atom stereocenters. The highest BCUT2D eigenvalue weighted by atomic mass is 19.4. The molecule has 2 aromatic rings. The first-order chi connectivity index (χ1) is 8.48. The molecule has 0 fully saturated rings. The molecule has 0 saturated heterocycles. The van der Waals surface area contributed by atoms with Crippen molar-refractivity contribution in [2.45, 2.75) is 13.1 Å². The summed E-state index contributed by atoms with van der Waals surface area (Å²) in [6.45, 7) is 1.59. The quantitative estimate of drug-likeness (QED) is 0.745. The van der Waals surface area contributed by atoms with Gasteiger partial charge in [0.1, 0.15) is 11.5 Å². The first-order valence-electron chi connectivity index (χ1n) is 5.38. The van der Waals surface area contributed by atoms with Crippen molar-refractivity contribution in [3.05, 3.63) is 59.7 Å². The number of benzene rings is 2. The number of hydrogen-bond donors (Lipinski definition) is 0. The fourth-order valence-electron chi connectivity index (χ4n) is 1.62. The number of alkyl halides is 3. The van der Waals surface area contributed by atoms with Crippen LogP contribution in [0.3, 0.4) is 0 Å². The lowest BCUT2D eigenvalue weighted by Gasteiger charge is -2.15. The van der Waals surface area contributed by atoms with E-state index < -0.39 is 11.7 Å². The predicted molar refractivity (Wildman–Crippen MR) is 62.7 cm³/mol. The van der Waals surface area contributed by atoms with Crippen LogP contribution in [-0.2, 0) is 6.18 Å². The Morgan fingerprint density at radius 3 is 2.17 bits per heavy atom. The van der Waals surface area contributed by atoms with Gasteiger partial charge in [0, 0.05) is 0 Å². The van der Waals surface area contributed by atoms with Gasteiger partial charge in [-0.15, -0.1) is 0 Å². The summed E-state index contributed by atoms with van der Waals surface area (Å²) in [7, 11) is 0. The minimum absolute atomic E-state index is 0.142. The molecule has 0 radical (unpaired) electrons. The van der Waals surface area contributed by atoms with Gasteiger partial charge in [-0.2, -0.15) is 13.2 Å². The van der Waals surface area contributed by atoms with Crippen LogP contribution in [0.15, 0.2) is 48.5 Å². The van der Waals surface area contributed by atoms with Crippen LogP contribution >= 0.6 is 0 Å². The van der Waals surface area contributed by atoms with Crippen molar-refractivity contribution >= 4 is 0 Å². The van der Waals surface area contributed by atoms with Crippen LogP contribution < -0.4 is 4.74 Å². The van der Waals surface area contributed by atoms with Crippen molar-refractivity contribution in [1.82, 2.24) is 0 Å². The zero-order valence-corrected chi connectivity index (χ0v) is 9.66. The van der Waals surface area contributed by atoms with Crippen LogP contribution in [0.4, 0.5) is 13.2 Å². The van der Waals surface area contributed by atoms with E-state index in [4.69, 9.17) is 4.74 Å². The maximum absolute atomic E-state index is 12.9. The second-order valence-corrected chi connectivity index (χ2v) is 3.86. The molecule has 0 aliphatic heterocycles. The largest absolute Gasteiger partial charge is 0.456 e. The fourth-order valence-corrected chi connectivity index (χ4v) is 1.62. The Morgan fingerprint density at radius 2 is 1.56 bits per heavy atom. The maximum Gasteiger partial charge on any atom is 0.419 e. The molecule has 0 heterocycles. The van der Waals surface area contributed by atoms with Gasteiger partial charge in [0.15, 0.2) is 0 Å². The van der Waals surface area contributed by atoms with E-state index in [9.17, 15) is 13.2 Å². The summed E-state index contributed by atoms with van der Waals surface area (Å²) < 4.78 is 43.9. The molecule has 0 N–H and O–H groups in total. The van der Waals surface area contributed by atoms with Crippen molar-refractivity contribution in [1.29, 1.82) is 0 Å². The molecule has 0 spiro atoms. The third-order valence-electron chi connectivity index (χ3n) is 2.48. The highest BCUT2D eigenvalue weighted by molar-refractivity contribution is 5.45. The van der Waals surface area contributed by atoms with Crippen LogP contribution in [-0.4, -0.2) is 0 Å². The van der Waals surface area contributed by atoms with Gasteiger partial charge < -0.3 is 4.74 Å². The summed E-state index contributed by atoms with van der Waals surface area (Å²) in [5.74, 6) is 0.244. The van der Waals surface area contributed by atoms with Crippen molar-refractivity contribution in [2.24, 2.45) is 0 Å². The lowest BCUT2D eigenvalue weighted by Crippen LogP contribution is -2.08. The van der Waals surface area contributed by atoms with Crippen LogP contribution in [0.5, 0.6) is 11.5 Å². The smallest absolute Gasteiger partial charge is 0.419 e. The molecule has 1 nitrogen and oxygen atoms in total. The average molecular weight is 252 g/mol. The minimum Gasteiger partial charge on any atom is -0.456 e. The molecule has 0 aliphatic rings. The molecular weight excluding hydrogens is 241 g/mol. The van der Waals surface area contributed by atoms with Crippen LogP contribution in [0.2, 0.25) is 0 Å². The summed E-state index contributed by atoms with van der Waals surface area (Å²) in [5, 5.41) is 0. The Balaban J connectivity index is 2.44. The molecule has 0 atom stereocenters. The molecule has 0 aliphatic carbocycles. The van der Waals surface area contributed by atoms with Crippen molar-refractivity contribution in [3.63, 3.8) is 0 Å². The second kappa shape index (κ2) is 4.72. The fraction of sp³-hybridized carbons (Fsp3) is 0.143. The maximum atomic E-state index is 12.9. The number of halogens is 3. The zero-order valence-electron chi connectivity index (χ0n) is 9.66. The standard InChI is InChI=1S/C14H11F3O/c1-10-6-5-9-12(14(15,16)17)13(10)18-11-7-3-2-4-8-11/h2-9H,1H3. The third-order valence-corrected chi connectivity index (χ3v) is 2.48. The number of hydrogen-bond acceptors (Lipinski definition) is 1. The molecular formula is C14H11F3O. The highest BCUT2D eigenvalue weighted by Crippen LogP contribution is 2.39. The lowest BCUT2D eigenvalue weighted by atomic mass is 10.1. The first-order valence-corrected chi connectivity index (χ1v) is 5.38. The Kier molecular flexibility index (Phi) is 3.28. The zero-order chi connectivity index (χ0) is 13.2. The van der Waals surface area contributed by atoms with Gasteiger partial charge in [0.05, 0.1) is 5.56 Å². The van der Waals surface area contributed by atoms with E-state index in [1.54, 1.807) is 43.3 Å². The number of aryl methyl sites for hydroxylation is 1. The second-order valence-electron chi connectivity index (χ2n) is 3.86. The van der Waals surface area contributed by atoms with Crippen molar-refractivity contribution in [2.75, 3.05) is 0 Å². The topological polar surface area (TPSA) is 9.23 Å². The minimum atomic E-state index is -4.42. The number of ether oxygens (including phenoxy) is 1. The Hall–Kier alpha value is -1.97. The molecule has 2 rings (SSSR count). The Morgan fingerprint density at radius 1 is 0.889 bits per heavy atom. The molecule has 4 heteroatoms. The van der Waals surface area contributed by atoms with Gasteiger partial charge in [-0.25, -0.2) is 0 Å². The van der Waals surface area contributed by atoms with Gasteiger partial charge in [-0.1, -0.05) is 30.3 Å². The van der Waals surface area contributed by atoms with Gasteiger partial charge in [-0.3, -0.25) is 0 Å². The first kappa shape index (κ1) is 12.5. The average Bonchev–Trinajstić information content (AvgIpc) is 2.32. The van der Waals surface area contributed by atoms with E-state index in [1.807, 2.05) is 0 Å². The monoisotopic (exact) mass is 252 g/mol. The summed E-state index contributed by atoms with van der Waals surface area (Å²) >= 11 is 0. The van der Waals surface area contributed by atoms with Crippen LogP contribution in [0, 0.1) is 6.92 Å². The van der Waals surface area contributed by atoms with Crippen molar-refractivity contribution in [3.8, 4) is 11.5 Å². The SMILES string of the molecule is Cc1cccc(C(F)(F)F)c1Oc1ccccc1. The van der Waals surface area contributed by atoms with Gasteiger partial charge in [0.2, 0.25) is 0 Å². The van der Waals surface area contributed by atoms with Crippen molar-refractivity contribution < 1.29 is 17.9 Å². The van der Waals surface area contributed by atoms with E-state index in [1.165, 1.54) is 6.07 Å². The van der Waals surface area contributed by atoms with Gasteiger partial charge in [-0.05, 0) is 30.7 Å². The number of rotatable bonds is 2. The summed E-state index contributed by atoms with van der Waals surface area (Å²) in [4.78, 5) is 0. The normalized spacial score (nSPS) is 11.3. The molecule has 0 bridgehead atoms. The van der Waals surface area contributed by atoms with E-state index >= 15 is 0 Å². The van der Waals surface area contributed by atoms with E-state index in [0.29, 0.717) is 11.3 Å². The third kappa shape index (κ3) is 2.64. The van der Waals surface area contributed by atoms with Gasteiger partial charge in [0.25, 0.3) is 0 Å². The molecule has 0 aromatic heterocycles. The number of para-hydroxylation sites is 2. The Labute approximate surface area is 103 Å². The summed E-state index contributed by atoms with van der Waals surface area (Å²) in [6, 6.07) is 12.4. The highest BCUT2D eigenvalue weighted by Gasteiger charge is 2.35. The molecule has 0 saturated carbocycles. The summed E-state index contributed by atoms with van der Waals surface area (Å²) in [5.41, 5.74) is -0.306. The van der Waals surface area contributed by atoms with E-state index in [0.717, 1.165) is 6.07 Å².